The summed E-state index contributed by atoms with van der Waals surface area (Å²) >= 11 is 1.81. The van der Waals surface area contributed by atoms with Gasteiger partial charge in [-0.1, -0.05) is 13.0 Å². The summed E-state index contributed by atoms with van der Waals surface area (Å²) in [4.78, 5) is 5.86. The van der Waals surface area contributed by atoms with Crippen molar-refractivity contribution < 1.29 is 0 Å². The maximum atomic E-state index is 4.45. The topological polar surface area (TPSA) is 29.9 Å². The van der Waals surface area contributed by atoms with Crippen molar-refractivity contribution in [2.24, 2.45) is 7.05 Å². The van der Waals surface area contributed by atoms with Gasteiger partial charge in [0.2, 0.25) is 0 Å². The van der Waals surface area contributed by atoms with Crippen LogP contribution >= 0.6 is 11.3 Å². The lowest BCUT2D eigenvalue weighted by atomic mass is 10.1. The highest BCUT2D eigenvalue weighted by Crippen LogP contribution is 2.19. The number of imidazole rings is 1. The first-order valence-corrected chi connectivity index (χ1v) is 6.91. The third-order valence-electron chi connectivity index (χ3n) is 2.71. The Labute approximate surface area is 107 Å². The van der Waals surface area contributed by atoms with E-state index in [0.717, 1.165) is 25.1 Å². The fourth-order valence-electron chi connectivity index (χ4n) is 1.84. The van der Waals surface area contributed by atoms with E-state index >= 15 is 0 Å². The van der Waals surface area contributed by atoms with Gasteiger partial charge in [-0.05, 0) is 24.4 Å². The number of hydrogen-bond acceptors (Lipinski definition) is 3. The van der Waals surface area contributed by atoms with Gasteiger partial charge >= 0.3 is 0 Å². The van der Waals surface area contributed by atoms with Gasteiger partial charge < -0.3 is 9.88 Å². The normalized spacial score (nSPS) is 12.8. The molecule has 0 amide bonds. The second-order valence-corrected chi connectivity index (χ2v) is 5.29. The molecule has 0 aliphatic rings. The molecule has 1 atom stereocenters. The minimum atomic E-state index is 0.329. The van der Waals surface area contributed by atoms with Crippen molar-refractivity contribution in [1.29, 1.82) is 0 Å². The van der Waals surface area contributed by atoms with Crippen LogP contribution in [0.4, 0.5) is 0 Å². The second kappa shape index (κ2) is 5.98. The van der Waals surface area contributed by atoms with Crippen molar-refractivity contribution >= 4 is 11.3 Å². The standard InChI is InChI=1S/C13H19N3S/c1-3-6-14-12(8-11-5-4-7-17-11)13-9-16(2)10-15-13/h4-5,7,9-10,12,14H,3,6,8H2,1-2H3. The molecule has 4 heteroatoms. The van der Waals surface area contributed by atoms with Gasteiger partial charge in [0, 0.05) is 24.5 Å². The SMILES string of the molecule is CCCNC(Cc1cccs1)c1cn(C)cn1. The summed E-state index contributed by atoms with van der Waals surface area (Å²) < 4.78 is 2.00. The lowest BCUT2D eigenvalue weighted by molar-refractivity contribution is 0.522. The minimum Gasteiger partial charge on any atom is -0.340 e. The van der Waals surface area contributed by atoms with E-state index in [4.69, 9.17) is 0 Å². The summed E-state index contributed by atoms with van der Waals surface area (Å²) in [7, 11) is 2.01. The molecule has 1 N–H and O–H groups in total. The van der Waals surface area contributed by atoms with Gasteiger partial charge in [0.25, 0.3) is 0 Å². The Morgan fingerprint density at radius 1 is 1.53 bits per heavy atom. The number of aryl methyl sites for hydroxylation is 1. The van der Waals surface area contributed by atoms with Gasteiger partial charge in [-0.2, -0.15) is 0 Å². The van der Waals surface area contributed by atoms with E-state index < -0.39 is 0 Å². The van der Waals surface area contributed by atoms with Gasteiger partial charge in [-0.25, -0.2) is 4.98 Å². The number of thiophene rings is 1. The average Bonchev–Trinajstić information content (AvgIpc) is 2.95. The van der Waals surface area contributed by atoms with Crippen molar-refractivity contribution in [3.63, 3.8) is 0 Å². The quantitative estimate of drug-likeness (QED) is 0.853. The van der Waals surface area contributed by atoms with E-state index in [9.17, 15) is 0 Å². The molecule has 2 rings (SSSR count). The van der Waals surface area contributed by atoms with Gasteiger partial charge in [-0.15, -0.1) is 11.3 Å². The van der Waals surface area contributed by atoms with Crippen molar-refractivity contribution in [3.05, 3.63) is 40.6 Å². The third kappa shape index (κ3) is 3.41. The van der Waals surface area contributed by atoms with Crippen molar-refractivity contribution in [2.45, 2.75) is 25.8 Å². The maximum Gasteiger partial charge on any atom is 0.0947 e. The molecule has 17 heavy (non-hydrogen) atoms. The van der Waals surface area contributed by atoms with Crippen molar-refractivity contribution in [1.82, 2.24) is 14.9 Å². The highest BCUT2D eigenvalue weighted by atomic mass is 32.1. The largest absolute Gasteiger partial charge is 0.340 e. The zero-order chi connectivity index (χ0) is 12.1. The van der Waals surface area contributed by atoms with Gasteiger partial charge in [0.05, 0.1) is 18.1 Å². The molecule has 1 unspecified atom stereocenters. The zero-order valence-corrected chi connectivity index (χ0v) is 11.2. The van der Waals surface area contributed by atoms with E-state index in [1.165, 1.54) is 4.88 Å². The predicted octanol–water partition coefficient (Wildman–Crippen LogP) is 2.77. The average molecular weight is 249 g/mol. The van der Waals surface area contributed by atoms with Crippen LogP contribution in [-0.4, -0.2) is 16.1 Å². The summed E-state index contributed by atoms with van der Waals surface area (Å²) in [6.07, 6.45) is 6.13. The molecule has 0 radical (unpaired) electrons. The van der Waals surface area contributed by atoms with E-state index in [2.05, 4.69) is 40.9 Å². The smallest absolute Gasteiger partial charge is 0.0947 e. The Morgan fingerprint density at radius 2 is 2.41 bits per heavy atom. The van der Waals surface area contributed by atoms with E-state index in [-0.39, 0.29) is 0 Å². The molecular formula is C13H19N3S. The molecule has 2 aromatic heterocycles. The van der Waals surface area contributed by atoms with Crippen LogP contribution in [0.15, 0.2) is 30.0 Å². The van der Waals surface area contributed by atoms with Crippen LogP contribution in [0.3, 0.4) is 0 Å². The molecular weight excluding hydrogens is 230 g/mol. The second-order valence-electron chi connectivity index (χ2n) is 4.25. The molecule has 0 aliphatic carbocycles. The summed E-state index contributed by atoms with van der Waals surface area (Å²) in [6.45, 7) is 3.22. The first-order valence-electron chi connectivity index (χ1n) is 6.03. The number of rotatable bonds is 6. The molecule has 0 aliphatic heterocycles. The van der Waals surface area contributed by atoms with Crippen LogP contribution in [-0.2, 0) is 13.5 Å². The molecule has 2 aromatic rings. The summed E-state index contributed by atoms with van der Waals surface area (Å²) in [5.74, 6) is 0. The minimum absolute atomic E-state index is 0.329. The van der Waals surface area contributed by atoms with E-state index in [1.54, 1.807) is 0 Å². The van der Waals surface area contributed by atoms with Crippen LogP contribution in [0.25, 0.3) is 0 Å². The Morgan fingerprint density at radius 3 is 3.00 bits per heavy atom. The number of nitrogens with one attached hydrogen (secondary N) is 1. The molecule has 0 fully saturated rings. The highest BCUT2D eigenvalue weighted by molar-refractivity contribution is 7.09. The Balaban J connectivity index is 2.07. The van der Waals surface area contributed by atoms with Crippen LogP contribution in [0.1, 0.15) is 30.0 Å². The Hall–Kier alpha value is -1.13. The first-order chi connectivity index (χ1) is 8.29. The van der Waals surface area contributed by atoms with Crippen LogP contribution in [0.2, 0.25) is 0 Å². The number of hydrogen-bond donors (Lipinski definition) is 1. The Kier molecular flexibility index (Phi) is 4.34. The van der Waals surface area contributed by atoms with Gasteiger partial charge in [0.15, 0.2) is 0 Å². The number of aromatic nitrogens is 2. The van der Waals surface area contributed by atoms with E-state index in [0.29, 0.717) is 6.04 Å². The van der Waals surface area contributed by atoms with Gasteiger partial charge in [-0.3, -0.25) is 0 Å². The lowest BCUT2D eigenvalue weighted by Crippen LogP contribution is -2.24. The third-order valence-corrected chi connectivity index (χ3v) is 3.61. The van der Waals surface area contributed by atoms with E-state index in [1.807, 2.05) is 29.3 Å². The van der Waals surface area contributed by atoms with Crippen molar-refractivity contribution in [3.8, 4) is 0 Å². The molecule has 3 nitrogen and oxygen atoms in total. The predicted molar refractivity (Wildman–Crippen MR) is 72.3 cm³/mol. The Bertz CT molecular complexity index is 433. The first kappa shape index (κ1) is 12.3. The van der Waals surface area contributed by atoms with Crippen LogP contribution in [0.5, 0.6) is 0 Å². The summed E-state index contributed by atoms with van der Waals surface area (Å²) in [5.41, 5.74) is 1.13. The summed E-state index contributed by atoms with van der Waals surface area (Å²) in [6, 6.07) is 4.62. The highest BCUT2D eigenvalue weighted by Gasteiger charge is 2.14. The molecule has 0 saturated heterocycles. The molecule has 0 saturated carbocycles. The fraction of sp³-hybridized carbons (Fsp3) is 0.462. The lowest BCUT2D eigenvalue weighted by Gasteiger charge is -2.15. The molecule has 0 spiro atoms. The van der Waals surface area contributed by atoms with Crippen LogP contribution in [0, 0.1) is 0 Å². The zero-order valence-electron chi connectivity index (χ0n) is 10.4. The van der Waals surface area contributed by atoms with Crippen LogP contribution < -0.4 is 5.32 Å². The molecule has 92 valence electrons. The van der Waals surface area contributed by atoms with Gasteiger partial charge in [0.1, 0.15) is 0 Å². The summed E-state index contributed by atoms with van der Waals surface area (Å²) in [5, 5.41) is 5.70. The fourth-order valence-corrected chi connectivity index (χ4v) is 2.59. The monoisotopic (exact) mass is 249 g/mol. The number of nitrogens with zero attached hydrogens (tertiary/aromatic N) is 2. The maximum absolute atomic E-state index is 4.45. The van der Waals surface area contributed by atoms with Crippen molar-refractivity contribution in [2.75, 3.05) is 6.54 Å². The molecule has 2 heterocycles. The molecule has 0 bridgehead atoms. The molecule has 0 aromatic carbocycles.